The molecule has 28 heavy (non-hydrogen) atoms. The van der Waals surface area contributed by atoms with Crippen LogP contribution in [-0.4, -0.2) is 39.3 Å². The van der Waals surface area contributed by atoms with Gasteiger partial charge in [0.1, 0.15) is 17.2 Å². The minimum atomic E-state index is -4.27. The van der Waals surface area contributed by atoms with Gasteiger partial charge >= 0.3 is 6.61 Å². The van der Waals surface area contributed by atoms with Gasteiger partial charge in [0.15, 0.2) is 6.01 Å². The second kappa shape index (κ2) is 9.89. The Morgan fingerprint density at radius 2 is 1.96 bits per heavy atom. The van der Waals surface area contributed by atoms with Crippen molar-refractivity contribution in [1.82, 2.24) is 9.36 Å². The molecule has 1 aromatic carbocycles. The van der Waals surface area contributed by atoms with Crippen LogP contribution < -0.4 is 4.90 Å². The number of aryl methyl sites for hydroxylation is 1. The van der Waals surface area contributed by atoms with E-state index in [2.05, 4.69) is 28.1 Å². The largest absolute Gasteiger partial charge is 0.372 e. The molecule has 1 heterocycles. The van der Waals surface area contributed by atoms with Crippen molar-refractivity contribution in [3.63, 3.8) is 0 Å². The highest BCUT2D eigenvalue weighted by atomic mass is 32.2. The van der Waals surface area contributed by atoms with Gasteiger partial charge in [0.05, 0.1) is 0 Å². The van der Waals surface area contributed by atoms with E-state index in [0.717, 1.165) is 11.5 Å². The molecule has 0 fully saturated rings. The maximum absolute atomic E-state index is 13.2. The SMILES string of the molecule is CCN(CC)c1ccc(N=Nc2nc(C)ns2)c(N=S(=O)(CF)OC(F)F)c1. The van der Waals surface area contributed by atoms with Crippen LogP contribution in [-0.2, 0) is 14.2 Å². The molecule has 0 aliphatic carbocycles. The van der Waals surface area contributed by atoms with Crippen LogP contribution in [0.5, 0.6) is 0 Å². The third-order valence-electron chi connectivity index (χ3n) is 3.45. The first-order valence-corrected chi connectivity index (χ1v) is 10.6. The Bertz CT molecular complexity index is 940. The lowest BCUT2D eigenvalue weighted by Gasteiger charge is -2.21. The normalized spacial score (nSPS) is 13.8. The van der Waals surface area contributed by atoms with Gasteiger partial charge in [-0.25, -0.2) is 17.8 Å². The van der Waals surface area contributed by atoms with Crippen LogP contribution in [0.2, 0.25) is 0 Å². The van der Waals surface area contributed by atoms with E-state index in [0.29, 0.717) is 24.6 Å². The summed E-state index contributed by atoms with van der Waals surface area (Å²) in [5.74, 6) is 0.520. The number of hydrogen-bond acceptors (Lipinski definition) is 9. The Morgan fingerprint density at radius 3 is 2.50 bits per heavy atom. The summed E-state index contributed by atoms with van der Waals surface area (Å²) < 4.78 is 61.9. The van der Waals surface area contributed by atoms with E-state index in [4.69, 9.17) is 0 Å². The zero-order valence-corrected chi connectivity index (χ0v) is 17.0. The number of aromatic nitrogens is 2. The van der Waals surface area contributed by atoms with Crippen LogP contribution in [0, 0.1) is 6.92 Å². The van der Waals surface area contributed by atoms with Gasteiger partial charge in [-0.05, 0) is 39.0 Å². The lowest BCUT2D eigenvalue weighted by atomic mass is 10.2. The fourth-order valence-electron chi connectivity index (χ4n) is 2.21. The molecule has 0 aliphatic rings. The summed E-state index contributed by atoms with van der Waals surface area (Å²) in [6, 6.07) is 3.01. The first kappa shape index (κ1) is 22.2. The highest BCUT2D eigenvalue weighted by molar-refractivity contribution is 7.89. The number of alkyl halides is 3. The molecule has 0 N–H and O–H groups in total. The summed E-state index contributed by atoms with van der Waals surface area (Å²) in [6.45, 7) is 3.42. The van der Waals surface area contributed by atoms with Crippen molar-refractivity contribution in [3.05, 3.63) is 24.0 Å². The van der Waals surface area contributed by atoms with Gasteiger partial charge in [-0.15, -0.1) is 10.2 Å². The number of hydrogen-bond donors (Lipinski definition) is 0. The molecule has 0 aliphatic heterocycles. The molecule has 1 atom stereocenters. The monoisotopic (exact) mass is 436 g/mol. The van der Waals surface area contributed by atoms with E-state index in [1.165, 1.54) is 12.1 Å². The maximum Gasteiger partial charge on any atom is 0.357 e. The Balaban J connectivity index is 2.54. The number of halogens is 3. The molecule has 0 saturated heterocycles. The first-order chi connectivity index (χ1) is 13.3. The summed E-state index contributed by atoms with van der Waals surface area (Å²) in [6.07, 6.45) is 0. The van der Waals surface area contributed by atoms with Gasteiger partial charge in [-0.1, -0.05) is 0 Å². The topological polar surface area (TPSA) is 92.4 Å². The van der Waals surface area contributed by atoms with E-state index in [9.17, 15) is 17.4 Å². The third kappa shape index (κ3) is 5.94. The van der Waals surface area contributed by atoms with E-state index in [1.807, 2.05) is 18.7 Å². The molecular formula is C15H19F3N6O2S2. The zero-order valence-electron chi connectivity index (χ0n) is 15.4. The number of benzene rings is 1. The summed E-state index contributed by atoms with van der Waals surface area (Å²) in [7, 11) is -4.27. The van der Waals surface area contributed by atoms with E-state index in [1.54, 1.807) is 13.0 Å². The molecule has 1 unspecified atom stereocenters. The van der Waals surface area contributed by atoms with Crippen LogP contribution in [0.3, 0.4) is 0 Å². The van der Waals surface area contributed by atoms with E-state index < -0.39 is 22.6 Å². The Kier molecular flexibility index (Phi) is 7.83. The predicted molar refractivity (Wildman–Crippen MR) is 102 cm³/mol. The fourth-order valence-corrected chi connectivity index (χ4v) is 3.53. The van der Waals surface area contributed by atoms with Gasteiger partial charge in [-0.2, -0.15) is 17.5 Å². The molecule has 13 heteroatoms. The van der Waals surface area contributed by atoms with Crippen LogP contribution in [0.1, 0.15) is 19.7 Å². The summed E-state index contributed by atoms with van der Waals surface area (Å²) in [5, 5.41) is 8.15. The summed E-state index contributed by atoms with van der Waals surface area (Å²) in [5.41, 5.74) is 0.688. The lowest BCUT2D eigenvalue weighted by Crippen LogP contribution is -2.21. The van der Waals surface area contributed by atoms with Crippen molar-refractivity contribution in [1.29, 1.82) is 0 Å². The van der Waals surface area contributed by atoms with Crippen molar-refractivity contribution in [2.45, 2.75) is 27.4 Å². The van der Waals surface area contributed by atoms with Crippen LogP contribution >= 0.6 is 11.5 Å². The Labute approximate surface area is 165 Å². The average Bonchev–Trinajstić information content (AvgIpc) is 3.06. The van der Waals surface area contributed by atoms with Gasteiger partial charge in [-0.3, -0.25) is 0 Å². The number of azo groups is 1. The predicted octanol–water partition coefficient (Wildman–Crippen LogP) is 5.29. The molecule has 8 nitrogen and oxygen atoms in total. The van der Waals surface area contributed by atoms with Crippen LogP contribution in [0.15, 0.2) is 32.8 Å². The second-order valence-electron chi connectivity index (χ2n) is 5.31. The standard InChI is InChI=1S/C15H19F3N6O2S2/c1-4-24(5-2)11-6-7-12(20-21-15-19-10(3)22-27-15)13(8-11)23-28(25,9-16)26-14(17)18/h6-8,14H,4-5,9H2,1-3H3. The van der Waals surface area contributed by atoms with Gasteiger partial charge in [0.2, 0.25) is 15.1 Å². The minimum Gasteiger partial charge on any atom is -0.372 e. The molecule has 0 saturated carbocycles. The Morgan fingerprint density at radius 1 is 1.25 bits per heavy atom. The smallest absolute Gasteiger partial charge is 0.357 e. The molecule has 0 amide bonds. The van der Waals surface area contributed by atoms with Crippen molar-refractivity contribution in [3.8, 4) is 0 Å². The van der Waals surface area contributed by atoms with Crippen molar-refractivity contribution < 1.29 is 21.6 Å². The number of rotatable bonds is 9. The average molecular weight is 436 g/mol. The highest BCUT2D eigenvalue weighted by Crippen LogP contribution is 2.35. The molecule has 154 valence electrons. The second-order valence-corrected chi connectivity index (χ2v) is 7.80. The highest BCUT2D eigenvalue weighted by Gasteiger charge is 2.18. The van der Waals surface area contributed by atoms with Crippen molar-refractivity contribution in [2.24, 2.45) is 14.6 Å². The van der Waals surface area contributed by atoms with Gasteiger partial charge < -0.3 is 4.90 Å². The van der Waals surface area contributed by atoms with Gasteiger partial charge in [0, 0.05) is 30.3 Å². The molecular weight excluding hydrogens is 417 g/mol. The summed E-state index contributed by atoms with van der Waals surface area (Å²) in [4.78, 5) is 5.97. The number of nitrogens with zero attached hydrogens (tertiary/aromatic N) is 6. The molecule has 0 spiro atoms. The molecule has 0 radical (unpaired) electrons. The van der Waals surface area contributed by atoms with Crippen molar-refractivity contribution in [2.75, 3.05) is 24.0 Å². The fraction of sp³-hybridized carbons (Fsp3) is 0.467. The minimum absolute atomic E-state index is 0.0855. The molecule has 2 aromatic rings. The van der Waals surface area contributed by atoms with Gasteiger partial charge in [0.25, 0.3) is 0 Å². The lowest BCUT2D eigenvalue weighted by molar-refractivity contribution is -0.0421. The molecule has 0 bridgehead atoms. The molecule has 1 aromatic heterocycles. The molecule has 2 rings (SSSR count). The zero-order chi connectivity index (χ0) is 20.7. The van der Waals surface area contributed by atoms with E-state index in [-0.39, 0.29) is 16.5 Å². The van der Waals surface area contributed by atoms with E-state index >= 15 is 0 Å². The quantitative estimate of drug-likeness (QED) is 0.498. The van der Waals surface area contributed by atoms with Crippen LogP contribution in [0.4, 0.5) is 35.4 Å². The third-order valence-corrected chi connectivity index (χ3v) is 5.33. The maximum atomic E-state index is 13.2. The van der Waals surface area contributed by atoms with Crippen LogP contribution in [0.25, 0.3) is 0 Å². The summed E-state index contributed by atoms with van der Waals surface area (Å²) >= 11 is 1.02. The number of anilines is 1. The first-order valence-electron chi connectivity index (χ1n) is 8.18. The van der Waals surface area contributed by atoms with Crippen molar-refractivity contribution >= 4 is 43.7 Å². The Hall–Kier alpha value is -2.12.